The van der Waals surface area contributed by atoms with Gasteiger partial charge in [-0.2, -0.15) is 0 Å². The van der Waals surface area contributed by atoms with Crippen molar-refractivity contribution in [2.45, 2.75) is 13.5 Å². The van der Waals surface area contributed by atoms with Gasteiger partial charge in [0.15, 0.2) is 0 Å². The van der Waals surface area contributed by atoms with E-state index in [0.29, 0.717) is 17.4 Å². The summed E-state index contributed by atoms with van der Waals surface area (Å²) in [5, 5.41) is 14.5. The Balaban J connectivity index is 2.19. The van der Waals surface area contributed by atoms with E-state index in [-0.39, 0.29) is 17.9 Å². The Morgan fingerprint density at radius 3 is 2.78 bits per heavy atom. The fourth-order valence-electron chi connectivity index (χ4n) is 1.89. The fourth-order valence-corrected chi connectivity index (χ4v) is 2.00. The summed E-state index contributed by atoms with van der Waals surface area (Å²) in [6.07, 6.45) is 1.62. The maximum Gasteiger partial charge on any atom is 0.345 e. The summed E-state index contributed by atoms with van der Waals surface area (Å²) in [4.78, 5) is 26.2. The number of halogens is 1. The van der Waals surface area contributed by atoms with Gasteiger partial charge in [-0.1, -0.05) is 17.7 Å². The van der Waals surface area contributed by atoms with E-state index in [1.54, 1.807) is 25.3 Å². The normalized spacial score (nSPS) is 10.2. The average molecular weight is 336 g/mol. The zero-order valence-electron chi connectivity index (χ0n) is 12.3. The molecule has 0 fully saturated rings. The SMILES string of the molecule is CCOC(=O)c1cc(NCc2ccc(Cl)nc2)ccc1[N+](=O)[O-]. The third kappa shape index (κ3) is 4.40. The molecular weight excluding hydrogens is 322 g/mol. The number of nitrogens with one attached hydrogen (secondary N) is 1. The fraction of sp³-hybridized carbons (Fsp3) is 0.200. The summed E-state index contributed by atoms with van der Waals surface area (Å²) in [5.41, 5.74) is 1.07. The largest absolute Gasteiger partial charge is 0.462 e. The van der Waals surface area contributed by atoms with Crippen molar-refractivity contribution >= 4 is 28.9 Å². The molecule has 0 aliphatic carbocycles. The first-order valence-corrected chi connectivity index (χ1v) is 7.19. The van der Waals surface area contributed by atoms with Crippen LogP contribution in [0.4, 0.5) is 11.4 Å². The molecule has 0 radical (unpaired) electrons. The summed E-state index contributed by atoms with van der Waals surface area (Å²) in [6, 6.07) is 7.68. The van der Waals surface area contributed by atoms with E-state index in [4.69, 9.17) is 16.3 Å². The van der Waals surface area contributed by atoms with Crippen LogP contribution in [0, 0.1) is 10.1 Å². The van der Waals surface area contributed by atoms with Crippen molar-refractivity contribution in [2.75, 3.05) is 11.9 Å². The van der Waals surface area contributed by atoms with E-state index in [1.807, 2.05) is 0 Å². The Bertz CT molecular complexity index is 719. The Morgan fingerprint density at radius 2 is 2.17 bits per heavy atom. The molecule has 1 aromatic heterocycles. The number of benzene rings is 1. The minimum absolute atomic E-state index is 0.0870. The molecule has 8 heteroatoms. The minimum Gasteiger partial charge on any atom is -0.462 e. The standard InChI is InChI=1S/C15H14ClN3O4/c1-2-23-15(20)12-7-11(4-5-13(12)19(21)22)17-8-10-3-6-14(16)18-9-10/h3-7,9,17H,2,8H2,1H3. The molecule has 0 spiro atoms. The lowest BCUT2D eigenvalue weighted by Crippen LogP contribution is -2.09. The van der Waals surface area contributed by atoms with E-state index in [2.05, 4.69) is 10.3 Å². The van der Waals surface area contributed by atoms with Gasteiger partial charge in [0, 0.05) is 24.5 Å². The molecule has 0 bridgehead atoms. The monoisotopic (exact) mass is 335 g/mol. The highest BCUT2D eigenvalue weighted by Crippen LogP contribution is 2.24. The van der Waals surface area contributed by atoms with Crippen molar-refractivity contribution in [3.8, 4) is 0 Å². The predicted molar refractivity (Wildman–Crippen MR) is 85.6 cm³/mol. The van der Waals surface area contributed by atoms with Gasteiger partial charge in [0.25, 0.3) is 5.69 Å². The number of nitrogens with zero attached hydrogens (tertiary/aromatic N) is 2. The van der Waals surface area contributed by atoms with Crippen molar-refractivity contribution in [3.05, 3.63) is 62.9 Å². The Morgan fingerprint density at radius 1 is 1.39 bits per heavy atom. The van der Waals surface area contributed by atoms with Crippen molar-refractivity contribution in [2.24, 2.45) is 0 Å². The van der Waals surface area contributed by atoms with Crippen LogP contribution in [0.25, 0.3) is 0 Å². The summed E-state index contributed by atoms with van der Waals surface area (Å²) in [6.45, 7) is 2.22. The van der Waals surface area contributed by atoms with E-state index in [9.17, 15) is 14.9 Å². The van der Waals surface area contributed by atoms with Crippen LogP contribution in [0.1, 0.15) is 22.8 Å². The lowest BCUT2D eigenvalue weighted by molar-refractivity contribution is -0.385. The van der Waals surface area contributed by atoms with Crippen LogP contribution in [0.3, 0.4) is 0 Å². The number of aromatic nitrogens is 1. The first-order chi connectivity index (χ1) is 11.0. The highest BCUT2D eigenvalue weighted by Gasteiger charge is 2.21. The zero-order valence-corrected chi connectivity index (χ0v) is 13.0. The van der Waals surface area contributed by atoms with Crippen LogP contribution < -0.4 is 5.32 Å². The lowest BCUT2D eigenvalue weighted by atomic mass is 10.1. The highest BCUT2D eigenvalue weighted by molar-refractivity contribution is 6.29. The molecule has 0 saturated heterocycles. The molecule has 1 aromatic carbocycles. The van der Waals surface area contributed by atoms with Crippen molar-refractivity contribution in [1.82, 2.24) is 4.98 Å². The van der Waals surface area contributed by atoms with E-state index in [1.165, 1.54) is 18.2 Å². The Kier molecular flexibility index (Phi) is 5.48. The number of hydrogen-bond acceptors (Lipinski definition) is 6. The van der Waals surface area contributed by atoms with Crippen molar-refractivity contribution in [1.29, 1.82) is 0 Å². The Labute approximate surface area is 137 Å². The third-order valence-corrected chi connectivity index (χ3v) is 3.20. The van der Waals surface area contributed by atoms with Gasteiger partial charge in [0.2, 0.25) is 0 Å². The minimum atomic E-state index is -0.726. The molecular formula is C15H14ClN3O4. The maximum atomic E-state index is 11.9. The molecule has 0 saturated carbocycles. The second-order valence-corrected chi connectivity index (χ2v) is 4.94. The topological polar surface area (TPSA) is 94.4 Å². The summed E-state index contributed by atoms with van der Waals surface area (Å²) in [5.74, 6) is -0.726. The van der Waals surface area contributed by atoms with Crippen molar-refractivity contribution < 1.29 is 14.5 Å². The Hall–Kier alpha value is -2.67. The number of hydrogen-bond donors (Lipinski definition) is 1. The number of esters is 1. The molecule has 0 unspecified atom stereocenters. The van der Waals surface area contributed by atoms with Gasteiger partial charge >= 0.3 is 5.97 Å². The van der Waals surface area contributed by atoms with E-state index >= 15 is 0 Å². The van der Waals surface area contributed by atoms with Crippen LogP contribution in [0.5, 0.6) is 0 Å². The molecule has 1 N–H and O–H groups in total. The number of pyridine rings is 1. The first kappa shape index (κ1) is 16.7. The van der Waals surface area contributed by atoms with Gasteiger partial charge in [-0.15, -0.1) is 0 Å². The average Bonchev–Trinajstić information content (AvgIpc) is 2.54. The molecule has 120 valence electrons. The van der Waals surface area contributed by atoms with Crippen LogP contribution in [-0.4, -0.2) is 22.5 Å². The first-order valence-electron chi connectivity index (χ1n) is 6.81. The number of ether oxygens (including phenoxy) is 1. The predicted octanol–water partition coefficient (Wildman–Crippen LogP) is 3.43. The number of nitro groups is 1. The number of rotatable bonds is 6. The van der Waals surface area contributed by atoms with Gasteiger partial charge < -0.3 is 10.1 Å². The van der Waals surface area contributed by atoms with E-state index < -0.39 is 10.9 Å². The summed E-state index contributed by atoms with van der Waals surface area (Å²) >= 11 is 5.71. The van der Waals surface area contributed by atoms with Gasteiger partial charge in [-0.05, 0) is 30.7 Å². The van der Waals surface area contributed by atoms with Crippen LogP contribution in [-0.2, 0) is 11.3 Å². The molecule has 0 aliphatic heterocycles. The van der Waals surface area contributed by atoms with Crippen LogP contribution in [0.2, 0.25) is 5.15 Å². The molecule has 2 aromatic rings. The highest BCUT2D eigenvalue weighted by atomic mass is 35.5. The molecule has 7 nitrogen and oxygen atoms in total. The van der Waals surface area contributed by atoms with Crippen LogP contribution >= 0.6 is 11.6 Å². The van der Waals surface area contributed by atoms with Gasteiger partial charge in [0.05, 0.1) is 11.5 Å². The molecule has 23 heavy (non-hydrogen) atoms. The van der Waals surface area contributed by atoms with Gasteiger partial charge in [-0.25, -0.2) is 9.78 Å². The van der Waals surface area contributed by atoms with Crippen LogP contribution in [0.15, 0.2) is 36.5 Å². The zero-order chi connectivity index (χ0) is 16.8. The molecule has 0 amide bonds. The maximum absolute atomic E-state index is 11.9. The quantitative estimate of drug-likeness (QED) is 0.376. The van der Waals surface area contributed by atoms with Gasteiger partial charge in [0.1, 0.15) is 10.7 Å². The third-order valence-electron chi connectivity index (χ3n) is 2.97. The summed E-state index contributed by atoms with van der Waals surface area (Å²) in [7, 11) is 0. The second-order valence-electron chi connectivity index (χ2n) is 4.55. The smallest absolute Gasteiger partial charge is 0.345 e. The number of carbonyl (C=O) groups is 1. The number of anilines is 1. The molecule has 0 atom stereocenters. The second kappa shape index (κ2) is 7.55. The summed E-state index contributed by atoms with van der Waals surface area (Å²) < 4.78 is 4.85. The van der Waals surface area contributed by atoms with E-state index in [0.717, 1.165) is 5.56 Å². The van der Waals surface area contributed by atoms with Gasteiger partial charge in [-0.3, -0.25) is 10.1 Å². The molecule has 1 heterocycles. The molecule has 0 aliphatic rings. The molecule has 2 rings (SSSR count). The lowest BCUT2D eigenvalue weighted by Gasteiger charge is -2.09. The number of carbonyl (C=O) groups excluding carboxylic acids is 1. The van der Waals surface area contributed by atoms with Crippen molar-refractivity contribution in [3.63, 3.8) is 0 Å². The number of nitro benzene ring substituents is 1.